The summed E-state index contributed by atoms with van der Waals surface area (Å²) in [6.45, 7) is 0. The van der Waals surface area contributed by atoms with E-state index < -0.39 is 16.6 Å². The van der Waals surface area contributed by atoms with E-state index in [1.807, 2.05) is 0 Å². The molecule has 0 spiro atoms. The van der Waals surface area contributed by atoms with Crippen LogP contribution in [0.1, 0.15) is 0 Å². The van der Waals surface area contributed by atoms with Gasteiger partial charge in [0.25, 0.3) is 5.69 Å². The molecule has 22 heavy (non-hydrogen) atoms. The summed E-state index contributed by atoms with van der Waals surface area (Å²) >= 11 is 0. The van der Waals surface area contributed by atoms with Crippen LogP contribution in [0, 0.1) is 10.1 Å². The largest absolute Gasteiger partial charge is 0.456 e. The van der Waals surface area contributed by atoms with E-state index in [1.54, 1.807) is 18.2 Å². The van der Waals surface area contributed by atoms with E-state index in [1.165, 1.54) is 30.3 Å². The standard InChI is InChI=1S/C14H8N2O6/c17-13-11-3-1-2-4-12(11)22-15(13)14(18)21-10-7-5-9(6-8-10)16(19)20/h1-8H. The third kappa shape index (κ3) is 2.33. The van der Waals surface area contributed by atoms with Crippen molar-refractivity contribution >= 4 is 22.7 Å². The number of nitro benzene ring substituents is 1. The minimum atomic E-state index is -1.03. The Balaban J connectivity index is 1.88. The zero-order chi connectivity index (χ0) is 15.7. The van der Waals surface area contributed by atoms with Gasteiger partial charge in [-0.1, -0.05) is 16.9 Å². The fourth-order valence-corrected chi connectivity index (χ4v) is 1.87. The van der Waals surface area contributed by atoms with Gasteiger partial charge in [-0.05, 0) is 24.3 Å². The number of para-hydroxylation sites is 1. The van der Waals surface area contributed by atoms with Gasteiger partial charge in [0.2, 0.25) is 0 Å². The quantitative estimate of drug-likeness (QED) is 0.532. The summed E-state index contributed by atoms with van der Waals surface area (Å²) in [5.74, 6) is 0.0583. The molecule has 1 aromatic heterocycles. The van der Waals surface area contributed by atoms with Gasteiger partial charge in [0.05, 0.1) is 10.3 Å². The Hall–Kier alpha value is -3.42. The van der Waals surface area contributed by atoms with Crippen LogP contribution >= 0.6 is 0 Å². The number of carbonyl (C=O) groups is 1. The first-order valence-corrected chi connectivity index (χ1v) is 6.14. The molecular formula is C14H8N2O6. The van der Waals surface area contributed by atoms with Gasteiger partial charge in [0.15, 0.2) is 5.58 Å². The molecule has 0 saturated carbocycles. The highest BCUT2D eigenvalue weighted by Crippen LogP contribution is 2.18. The predicted octanol–water partition coefficient (Wildman–Crippen LogP) is 2.55. The first kappa shape index (κ1) is 13.6. The zero-order valence-electron chi connectivity index (χ0n) is 11.0. The van der Waals surface area contributed by atoms with E-state index in [9.17, 15) is 19.7 Å². The normalized spacial score (nSPS) is 10.5. The molecule has 0 atom stereocenters. The Morgan fingerprint density at radius 3 is 2.45 bits per heavy atom. The van der Waals surface area contributed by atoms with Gasteiger partial charge in [-0.25, -0.2) is 4.79 Å². The van der Waals surface area contributed by atoms with Gasteiger partial charge < -0.3 is 9.26 Å². The number of rotatable bonds is 2. The van der Waals surface area contributed by atoms with Gasteiger partial charge in [-0.2, -0.15) is 0 Å². The lowest BCUT2D eigenvalue weighted by Gasteiger charge is -2.02. The molecule has 0 unspecified atom stereocenters. The van der Waals surface area contributed by atoms with Crippen LogP contribution in [0.3, 0.4) is 0 Å². The molecule has 0 fully saturated rings. The fraction of sp³-hybridized carbons (Fsp3) is 0. The maximum absolute atomic E-state index is 12.0. The molecule has 3 rings (SSSR count). The smallest absolute Gasteiger partial charge is 0.408 e. The minimum absolute atomic E-state index is 0.0583. The second-order valence-corrected chi connectivity index (χ2v) is 4.31. The van der Waals surface area contributed by atoms with Crippen molar-refractivity contribution in [3.05, 3.63) is 69.0 Å². The Morgan fingerprint density at radius 1 is 1.14 bits per heavy atom. The molecule has 0 N–H and O–H groups in total. The van der Waals surface area contributed by atoms with Crippen molar-refractivity contribution in [2.45, 2.75) is 0 Å². The van der Waals surface area contributed by atoms with Crippen molar-refractivity contribution < 1.29 is 19.0 Å². The van der Waals surface area contributed by atoms with Crippen LogP contribution in [0.4, 0.5) is 10.5 Å². The lowest BCUT2D eigenvalue weighted by atomic mass is 10.3. The van der Waals surface area contributed by atoms with Gasteiger partial charge in [-0.15, -0.1) is 0 Å². The molecule has 0 saturated heterocycles. The lowest BCUT2D eigenvalue weighted by Crippen LogP contribution is -2.25. The number of hydrogen-bond acceptors (Lipinski definition) is 6. The van der Waals surface area contributed by atoms with Crippen LogP contribution in [-0.2, 0) is 0 Å². The Bertz CT molecular complexity index is 922. The number of fused-ring (bicyclic) bond motifs is 1. The number of hydrogen-bond donors (Lipinski definition) is 0. The van der Waals surface area contributed by atoms with E-state index in [2.05, 4.69) is 0 Å². The second-order valence-electron chi connectivity index (χ2n) is 4.31. The predicted molar refractivity (Wildman–Crippen MR) is 75.0 cm³/mol. The number of benzene rings is 2. The van der Waals surface area contributed by atoms with Crippen molar-refractivity contribution in [1.82, 2.24) is 4.74 Å². The number of ether oxygens (including phenoxy) is 1. The van der Waals surface area contributed by atoms with Gasteiger partial charge in [0, 0.05) is 12.1 Å². The first-order chi connectivity index (χ1) is 10.6. The number of nitrogens with zero attached hydrogens (tertiary/aromatic N) is 2. The van der Waals surface area contributed by atoms with E-state index in [4.69, 9.17) is 9.26 Å². The van der Waals surface area contributed by atoms with Crippen molar-refractivity contribution in [3.8, 4) is 5.75 Å². The first-order valence-electron chi connectivity index (χ1n) is 6.14. The van der Waals surface area contributed by atoms with E-state index in [0.29, 0.717) is 4.74 Å². The van der Waals surface area contributed by atoms with E-state index in [-0.39, 0.29) is 22.4 Å². The van der Waals surface area contributed by atoms with Gasteiger partial charge in [0.1, 0.15) is 5.75 Å². The monoisotopic (exact) mass is 300 g/mol. The third-order valence-corrected chi connectivity index (χ3v) is 2.91. The molecule has 0 aliphatic rings. The number of aromatic nitrogens is 1. The number of nitro groups is 1. The van der Waals surface area contributed by atoms with Crippen LogP contribution in [0.2, 0.25) is 0 Å². The highest BCUT2D eigenvalue weighted by atomic mass is 16.6. The van der Waals surface area contributed by atoms with Crippen LogP contribution < -0.4 is 10.3 Å². The summed E-state index contributed by atoms with van der Waals surface area (Å²) < 4.78 is 10.6. The molecule has 0 aliphatic heterocycles. The number of non-ortho nitro benzene ring substituents is 1. The highest BCUT2D eigenvalue weighted by molar-refractivity contribution is 5.80. The Morgan fingerprint density at radius 2 is 1.82 bits per heavy atom. The topological polar surface area (TPSA) is 105 Å². The lowest BCUT2D eigenvalue weighted by molar-refractivity contribution is -0.384. The second kappa shape index (κ2) is 5.17. The molecule has 110 valence electrons. The fourth-order valence-electron chi connectivity index (χ4n) is 1.87. The molecule has 3 aromatic rings. The van der Waals surface area contributed by atoms with Crippen LogP contribution in [0.15, 0.2) is 57.8 Å². The Labute approximate surface area is 122 Å². The van der Waals surface area contributed by atoms with Crippen LogP contribution in [0.5, 0.6) is 5.75 Å². The Kier molecular flexibility index (Phi) is 3.18. The third-order valence-electron chi connectivity index (χ3n) is 2.91. The summed E-state index contributed by atoms with van der Waals surface area (Å²) in [6, 6.07) is 11.3. The zero-order valence-corrected chi connectivity index (χ0v) is 11.0. The average molecular weight is 300 g/mol. The van der Waals surface area contributed by atoms with E-state index in [0.717, 1.165) is 0 Å². The van der Waals surface area contributed by atoms with Crippen molar-refractivity contribution in [2.24, 2.45) is 0 Å². The van der Waals surface area contributed by atoms with Crippen LogP contribution in [-0.4, -0.2) is 15.8 Å². The van der Waals surface area contributed by atoms with Crippen LogP contribution in [0.25, 0.3) is 11.0 Å². The molecule has 0 bridgehead atoms. The molecule has 2 aromatic carbocycles. The molecule has 0 amide bonds. The molecule has 0 radical (unpaired) electrons. The highest BCUT2D eigenvalue weighted by Gasteiger charge is 2.17. The van der Waals surface area contributed by atoms with Crippen molar-refractivity contribution in [3.63, 3.8) is 0 Å². The summed E-state index contributed by atoms with van der Waals surface area (Å²) in [4.78, 5) is 33.9. The molecule has 8 heteroatoms. The maximum atomic E-state index is 12.0. The van der Waals surface area contributed by atoms with Gasteiger partial charge >= 0.3 is 11.7 Å². The molecule has 8 nitrogen and oxygen atoms in total. The number of carbonyl (C=O) groups excluding carboxylic acids is 1. The van der Waals surface area contributed by atoms with Crippen molar-refractivity contribution in [1.29, 1.82) is 0 Å². The van der Waals surface area contributed by atoms with Crippen molar-refractivity contribution in [2.75, 3.05) is 0 Å². The molecular weight excluding hydrogens is 292 g/mol. The SMILES string of the molecule is O=C(Oc1ccc([N+](=O)[O-])cc1)n1oc2ccccc2c1=O. The average Bonchev–Trinajstić information content (AvgIpc) is 2.85. The minimum Gasteiger partial charge on any atom is -0.408 e. The molecule has 0 aliphatic carbocycles. The van der Waals surface area contributed by atoms with E-state index >= 15 is 0 Å². The summed E-state index contributed by atoms with van der Waals surface area (Å²) in [5.41, 5.74) is -0.517. The van der Waals surface area contributed by atoms with Gasteiger partial charge in [-0.3, -0.25) is 14.9 Å². The summed E-state index contributed by atoms with van der Waals surface area (Å²) in [6.07, 6.45) is -1.03. The molecule has 1 heterocycles. The maximum Gasteiger partial charge on any atom is 0.456 e. The summed E-state index contributed by atoms with van der Waals surface area (Å²) in [7, 11) is 0. The summed E-state index contributed by atoms with van der Waals surface area (Å²) in [5, 5.41) is 10.8.